The standard InChI is InChI=1S/C15H23FN2/c1-12-7-8-15(9-12,11-17)18(2)10-13-5-3-4-6-14(13)16/h3-6,12H,7-11,17H2,1-2H3. The van der Waals surface area contributed by atoms with Crippen LogP contribution in [0.4, 0.5) is 4.39 Å². The van der Waals surface area contributed by atoms with Gasteiger partial charge in [0.1, 0.15) is 5.82 Å². The van der Waals surface area contributed by atoms with Crippen molar-refractivity contribution in [1.29, 1.82) is 0 Å². The van der Waals surface area contributed by atoms with Crippen molar-refractivity contribution in [3.8, 4) is 0 Å². The van der Waals surface area contributed by atoms with Crippen molar-refractivity contribution in [3.63, 3.8) is 0 Å². The fourth-order valence-electron chi connectivity index (χ4n) is 3.11. The SMILES string of the molecule is CC1CCC(CN)(N(C)Cc2ccccc2F)C1. The quantitative estimate of drug-likeness (QED) is 0.890. The number of rotatable bonds is 4. The van der Waals surface area contributed by atoms with Crippen molar-refractivity contribution < 1.29 is 4.39 Å². The number of hydrogen-bond acceptors (Lipinski definition) is 2. The second-order valence-corrected chi connectivity index (χ2v) is 5.72. The van der Waals surface area contributed by atoms with Gasteiger partial charge < -0.3 is 5.73 Å². The van der Waals surface area contributed by atoms with Gasteiger partial charge in [0.15, 0.2) is 0 Å². The lowest BCUT2D eigenvalue weighted by molar-refractivity contribution is 0.118. The van der Waals surface area contributed by atoms with Crippen molar-refractivity contribution in [2.75, 3.05) is 13.6 Å². The van der Waals surface area contributed by atoms with E-state index in [1.54, 1.807) is 6.07 Å². The van der Waals surface area contributed by atoms with Crippen molar-refractivity contribution in [2.24, 2.45) is 11.7 Å². The van der Waals surface area contributed by atoms with E-state index in [2.05, 4.69) is 18.9 Å². The van der Waals surface area contributed by atoms with Gasteiger partial charge in [-0.25, -0.2) is 4.39 Å². The maximum Gasteiger partial charge on any atom is 0.127 e. The highest BCUT2D eigenvalue weighted by Crippen LogP contribution is 2.38. The van der Waals surface area contributed by atoms with Gasteiger partial charge >= 0.3 is 0 Å². The fourth-order valence-corrected chi connectivity index (χ4v) is 3.11. The Hall–Kier alpha value is -0.930. The second-order valence-electron chi connectivity index (χ2n) is 5.72. The zero-order valence-corrected chi connectivity index (χ0v) is 11.3. The van der Waals surface area contributed by atoms with Gasteiger partial charge in [0.05, 0.1) is 0 Å². The van der Waals surface area contributed by atoms with Crippen LogP contribution in [0.1, 0.15) is 31.7 Å². The largest absolute Gasteiger partial charge is 0.329 e. The third kappa shape index (κ3) is 2.57. The van der Waals surface area contributed by atoms with Crippen LogP contribution in [0.15, 0.2) is 24.3 Å². The molecule has 0 aliphatic heterocycles. The Balaban J connectivity index is 2.11. The van der Waals surface area contributed by atoms with Gasteiger partial charge in [0.25, 0.3) is 0 Å². The molecule has 0 radical (unpaired) electrons. The van der Waals surface area contributed by atoms with E-state index >= 15 is 0 Å². The van der Waals surface area contributed by atoms with E-state index in [0.29, 0.717) is 13.1 Å². The molecule has 0 spiro atoms. The van der Waals surface area contributed by atoms with Crippen LogP contribution in [0.3, 0.4) is 0 Å². The van der Waals surface area contributed by atoms with Crippen LogP contribution < -0.4 is 5.73 Å². The number of hydrogen-bond donors (Lipinski definition) is 1. The summed E-state index contributed by atoms with van der Waals surface area (Å²) in [4.78, 5) is 2.24. The van der Waals surface area contributed by atoms with Crippen molar-refractivity contribution in [1.82, 2.24) is 4.90 Å². The van der Waals surface area contributed by atoms with Crippen LogP contribution in [-0.2, 0) is 6.54 Å². The van der Waals surface area contributed by atoms with Gasteiger partial charge in [-0.2, -0.15) is 0 Å². The molecule has 1 fully saturated rings. The smallest absolute Gasteiger partial charge is 0.127 e. The molecular formula is C15H23FN2. The molecule has 0 bridgehead atoms. The van der Waals surface area contributed by atoms with Crippen LogP contribution in [0, 0.1) is 11.7 Å². The third-order valence-corrected chi connectivity index (χ3v) is 4.39. The summed E-state index contributed by atoms with van der Waals surface area (Å²) >= 11 is 0. The Morgan fingerprint density at radius 1 is 1.44 bits per heavy atom. The number of nitrogens with two attached hydrogens (primary N) is 1. The lowest BCUT2D eigenvalue weighted by atomic mass is 9.93. The zero-order chi connectivity index (χ0) is 13.2. The van der Waals surface area contributed by atoms with Gasteiger partial charge in [0, 0.05) is 24.2 Å². The molecule has 1 saturated carbocycles. The van der Waals surface area contributed by atoms with Gasteiger partial charge in [-0.05, 0) is 38.3 Å². The van der Waals surface area contributed by atoms with Crippen molar-refractivity contribution in [3.05, 3.63) is 35.6 Å². The highest BCUT2D eigenvalue weighted by atomic mass is 19.1. The summed E-state index contributed by atoms with van der Waals surface area (Å²) < 4.78 is 13.7. The summed E-state index contributed by atoms with van der Waals surface area (Å²) in [5.74, 6) is 0.596. The maximum atomic E-state index is 13.7. The minimum absolute atomic E-state index is 0.0572. The number of likely N-dealkylation sites (N-methyl/N-ethyl adjacent to an activating group) is 1. The molecule has 2 rings (SSSR count). The predicted octanol–water partition coefficient (Wildman–Crippen LogP) is 2.78. The van der Waals surface area contributed by atoms with E-state index in [-0.39, 0.29) is 11.4 Å². The molecule has 3 heteroatoms. The van der Waals surface area contributed by atoms with E-state index in [1.165, 1.54) is 12.5 Å². The van der Waals surface area contributed by atoms with Gasteiger partial charge in [-0.3, -0.25) is 4.90 Å². The molecule has 1 aromatic carbocycles. The highest BCUT2D eigenvalue weighted by molar-refractivity contribution is 5.17. The molecular weight excluding hydrogens is 227 g/mol. The van der Waals surface area contributed by atoms with Crippen LogP contribution >= 0.6 is 0 Å². The van der Waals surface area contributed by atoms with Gasteiger partial charge in [0.2, 0.25) is 0 Å². The first kappa shape index (κ1) is 13.5. The number of nitrogens with zero attached hydrogens (tertiary/aromatic N) is 1. The minimum atomic E-state index is -0.123. The maximum absolute atomic E-state index is 13.7. The molecule has 18 heavy (non-hydrogen) atoms. The van der Waals surface area contributed by atoms with Crippen LogP contribution in [0.25, 0.3) is 0 Å². The fraction of sp³-hybridized carbons (Fsp3) is 0.600. The third-order valence-electron chi connectivity index (χ3n) is 4.39. The summed E-state index contributed by atoms with van der Waals surface area (Å²) in [5, 5.41) is 0. The summed E-state index contributed by atoms with van der Waals surface area (Å²) in [6.07, 6.45) is 3.46. The first-order valence-corrected chi connectivity index (χ1v) is 6.72. The molecule has 0 amide bonds. The summed E-state index contributed by atoms with van der Waals surface area (Å²) in [7, 11) is 2.07. The second kappa shape index (κ2) is 5.37. The van der Waals surface area contributed by atoms with Crippen LogP contribution in [-0.4, -0.2) is 24.0 Å². The van der Waals surface area contributed by atoms with Crippen LogP contribution in [0.2, 0.25) is 0 Å². The van der Waals surface area contributed by atoms with E-state index in [0.717, 1.165) is 24.3 Å². The Morgan fingerprint density at radius 2 is 2.17 bits per heavy atom. The molecule has 100 valence electrons. The Bertz CT molecular complexity index is 407. The van der Waals surface area contributed by atoms with Gasteiger partial charge in [-0.15, -0.1) is 0 Å². The molecule has 0 saturated heterocycles. The topological polar surface area (TPSA) is 29.3 Å². The van der Waals surface area contributed by atoms with Crippen molar-refractivity contribution in [2.45, 2.75) is 38.3 Å². The van der Waals surface area contributed by atoms with E-state index < -0.39 is 0 Å². The molecule has 2 atom stereocenters. The summed E-state index contributed by atoms with van der Waals surface area (Å²) in [5.41, 5.74) is 6.80. The zero-order valence-electron chi connectivity index (χ0n) is 11.3. The monoisotopic (exact) mass is 250 g/mol. The molecule has 1 aromatic rings. The molecule has 0 heterocycles. The molecule has 1 aliphatic carbocycles. The summed E-state index contributed by atoms with van der Waals surface area (Å²) in [6, 6.07) is 7.00. The average molecular weight is 250 g/mol. The first-order valence-electron chi connectivity index (χ1n) is 6.72. The number of halogens is 1. The van der Waals surface area contributed by atoms with E-state index in [4.69, 9.17) is 5.73 Å². The predicted molar refractivity (Wildman–Crippen MR) is 72.7 cm³/mol. The van der Waals surface area contributed by atoms with Gasteiger partial charge in [-0.1, -0.05) is 25.1 Å². The summed E-state index contributed by atoms with van der Waals surface area (Å²) in [6.45, 7) is 3.56. The Labute approximate surface area is 109 Å². The molecule has 1 aliphatic rings. The molecule has 2 N–H and O–H groups in total. The van der Waals surface area contributed by atoms with E-state index in [1.807, 2.05) is 12.1 Å². The number of benzene rings is 1. The lowest BCUT2D eigenvalue weighted by Gasteiger charge is -2.38. The minimum Gasteiger partial charge on any atom is -0.329 e. The Kier molecular flexibility index (Phi) is 4.03. The highest BCUT2D eigenvalue weighted by Gasteiger charge is 2.39. The lowest BCUT2D eigenvalue weighted by Crippen LogP contribution is -2.49. The first-order chi connectivity index (χ1) is 8.57. The molecule has 0 aromatic heterocycles. The van der Waals surface area contributed by atoms with Crippen molar-refractivity contribution >= 4 is 0 Å². The van der Waals surface area contributed by atoms with Crippen LogP contribution in [0.5, 0.6) is 0 Å². The normalized spacial score (nSPS) is 27.9. The molecule has 2 nitrogen and oxygen atoms in total. The van der Waals surface area contributed by atoms with E-state index in [9.17, 15) is 4.39 Å². The molecule has 2 unspecified atom stereocenters. The average Bonchev–Trinajstić information content (AvgIpc) is 2.75. The Morgan fingerprint density at radius 3 is 2.72 bits per heavy atom.